The van der Waals surface area contributed by atoms with Crippen LogP contribution in [0.3, 0.4) is 0 Å². The highest BCUT2D eigenvalue weighted by Gasteiger charge is 2.58. The number of aryl methyl sites for hydroxylation is 1. The van der Waals surface area contributed by atoms with Gasteiger partial charge >= 0.3 is 7.98 Å². The zero-order chi connectivity index (χ0) is 23.9. The first-order chi connectivity index (χ1) is 14.4. The topological polar surface area (TPSA) is 46.6 Å². The van der Waals surface area contributed by atoms with E-state index in [0.717, 1.165) is 19.6 Å². The van der Waals surface area contributed by atoms with E-state index in [-0.39, 0.29) is 22.5 Å². The molecule has 0 N–H and O–H groups in total. The molecule has 0 saturated heterocycles. The van der Waals surface area contributed by atoms with Crippen LogP contribution in [0.1, 0.15) is 32.8 Å². The lowest BCUT2D eigenvalue weighted by atomic mass is 10.2. The first-order valence-corrected chi connectivity index (χ1v) is 17.9. The molecule has 0 amide bonds. The summed E-state index contributed by atoms with van der Waals surface area (Å²) in [4.78, 5) is 0.277. The number of sulfonamides is 1. The predicted molar refractivity (Wildman–Crippen MR) is 144 cm³/mol. The standard InChI is InChI=1S/C23H38NO3P2SSi/c1-10-12-21(18-27-31(19-28-7,29(8)9)23(4,5)6)24(17-11-2)30(25,26)22-15-13-20(3)14-16-22/h10-11,13-16,21H,1-2,7-8,12,17-19H2,3-6,9H3/q+1. The van der Waals surface area contributed by atoms with Crippen molar-refractivity contribution in [2.75, 3.05) is 25.6 Å². The van der Waals surface area contributed by atoms with Gasteiger partial charge in [-0.15, -0.1) is 21.4 Å². The summed E-state index contributed by atoms with van der Waals surface area (Å²) in [5.74, 6) is 0.884. The Kier molecular flexibility index (Phi) is 10.7. The van der Waals surface area contributed by atoms with Crippen molar-refractivity contribution in [1.82, 2.24) is 4.31 Å². The molecule has 0 saturated carbocycles. The van der Waals surface area contributed by atoms with Gasteiger partial charge in [0.2, 0.25) is 10.0 Å². The minimum absolute atomic E-state index is 0.0300. The monoisotopic (exact) mass is 498 g/mol. The van der Waals surface area contributed by atoms with Crippen LogP contribution in [-0.4, -0.2) is 65.0 Å². The molecule has 4 nitrogen and oxygen atoms in total. The summed E-state index contributed by atoms with van der Waals surface area (Å²) in [5.41, 5.74) is 1.01. The maximum Gasteiger partial charge on any atom is 0.442 e. The Labute approximate surface area is 193 Å². The zero-order valence-electron chi connectivity index (χ0n) is 19.7. The van der Waals surface area contributed by atoms with E-state index in [1.807, 2.05) is 19.1 Å². The first-order valence-electron chi connectivity index (χ1n) is 10.3. The largest absolute Gasteiger partial charge is 0.442 e. The van der Waals surface area contributed by atoms with Crippen LogP contribution in [0, 0.1) is 6.92 Å². The van der Waals surface area contributed by atoms with E-state index in [0.29, 0.717) is 13.0 Å². The number of rotatable bonds is 13. The molecule has 0 aliphatic rings. The Balaban J connectivity index is 3.38. The summed E-state index contributed by atoms with van der Waals surface area (Å²) in [7, 11) is -5.53. The maximum atomic E-state index is 13.5. The highest BCUT2D eigenvalue weighted by atomic mass is 32.2. The van der Waals surface area contributed by atoms with Crippen molar-refractivity contribution in [3.63, 3.8) is 0 Å². The number of nitrogens with zero attached hydrogens (tertiary/aromatic N) is 1. The molecule has 0 aliphatic carbocycles. The van der Waals surface area contributed by atoms with Gasteiger partial charge in [0, 0.05) is 11.6 Å². The van der Waals surface area contributed by atoms with Crippen molar-refractivity contribution in [3.05, 3.63) is 55.1 Å². The molecule has 3 unspecified atom stereocenters. The summed E-state index contributed by atoms with van der Waals surface area (Å²) < 4.78 is 35.3. The molecular formula is C23H38NO3P2SSi+. The second-order valence-corrected chi connectivity index (χ2v) is 21.6. The Morgan fingerprint density at radius 1 is 1.23 bits per heavy atom. The summed E-state index contributed by atoms with van der Waals surface area (Å²) in [5, 5.41) is -0.0300. The molecule has 1 aromatic rings. The smallest absolute Gasteiger partial charge is 0.378 e. The van der Waals surface area contributed by atoms with Gasteiger partial charge in [-0.25, -0.2) is 8.42 Å². The van der Waals surface area contributed by atoms with Crippen molar-refractivity contribution >= 4 is 45.9 Å². The van der Waals surface area contributed by atoms with Gasteiger partial charge in [-0.3, -0.25) is 0 Å². The fourth-order valence-corrected chi connectivity index (χ4v) is 19.3. The van der Waals surface area contributed by atoms with E-state index >= 15 is 0 Å². The summed E-state index contributed by atoms with van der Waals surface area (Å²) in [6.07, 6.45) is 12.3. The van der Waals surface area contributed by atoms with Crippen molar-refractivity contribution in [2.45, 2.75) is 50.1 Å². The van der Waals surface area contributed by atoms with Crippen LogP contribution in [-0.2, 0) is 14.4 Å². The number of hydrogen-bond donors (Lipinski definition) is 0. The Hall–Kier alpha value is -0.873. The first kappa shape index (κ1) is 28.2. The quantitative estimate of drug-likeness (QED) is 0.195. The number of benzene rings is 1. The lowest BCUT2D eigenvalue weighted by Gasteiger charge is -2.36. The van der Waals surface area contributed by atoms with Crippen LogP contribution >= 0.6 is 15.3 Å². The van der Waals surface area contributed by atoms with Crippen LogP contribution in [0.25, 0.3) is 0 Å². The third-order valence-corrected chi connectivity index (χ3v) is 21.5. The molecule has 1 aromatic carbocycles. The van der Waals surface area contributed by atoms with Crippen LogP contribution < -0.4 is 0 Å². The van der Waals surface area contributed by atoms with Crippen molar-refractivity contribution < 1.29 is 12.8 Å². The van der Waals surface area contributed by atoms with Crippen molar-refractivity contribution in [2.24, 2.45) is 0 Å². The lowest BCUT2D eigenvalue weighted by Crippen LogP contribution is -2.51. The van der Waals surface area contributed by atoms with E-state index in [1.165, 1.54) is 4.31 Å². The summed E-state index contributed by atoms with van der Waals surface area (Å²) >= 11 is 0. The van der Waals surface area contributed by atoms with Gasteiger partial charge in [0.25, 0.3) is 0 Å². The van der Waals surface area contributed by atoms with Crippen molar-refractivity contribution in [3.8, 4) is 0 Å². The van der Waals surface area contributed by atoms with Gasteiger partial charge < -0.3 is 4.43 Å². The second-order valence-electron chi connectivity index (χ2n) is 8.78. The van der Waals surface area contributed by atoms with Gasteiger partial charge in [0.15, 0.2) is 0 Å². The molecule has 0 aromatic heterocycles. The summed E-state index contributed by atoms with van der Waals surface area (Å²) in [6, 6.07) is 6.58. The van der Waals surface area contributed by atoms with Gasteiger partial charge in [0.05, 0.1) is 43.4 Å². The van der Waals surface area contributed by atoms with Crippen LogP contribution in [0.15, 0.2) is 54.5 Å². The Morgan fingerprint density at radius 2 is 1.81 bits per heavy atom. The van der Waals surface area contributed by atoms with Gasteiger partial charge in [-0.05, 0) is 25.5 Å². The molecule has 3 atom stereocenters. The van der Waals surface area contributed by atoms with Crippen molar-refractivity contribution in [1.29, 1.82) is 0 Å². The highest BCUT2D eigenvalue weighted by molar-refractivity contribution is 7.93. The van der Waals surface area contributed by atoms with E-state index in [1.54, 1.807) is 24.3 Å². The molecule has 0 spiro atoms. The molecule has 0 fully saturated rings. The molecule has 172 valence electrons. The summed E-state index contributed by atoms with van der Waals surface area (Å²) in [6.45, 7) is 18.9. The fourth-order valence-electron chi connectivity index (χ4n) is 3.57. The fraction of sp³-hybridized carbons (Fsp3) is 0.478. The Morgan fingerprint density at radius 3 is 2.23 bits per heavy atom. The minimum atomic E-state index is -3.71. The minimum Gasteiger partial charge on any atom is -0.378 e. The third-order valence-electron chi connectivity index (χ3n) is 5.41. The average molecular weight is 499 g/mol. The van der Waals surface area contributed by atoms with Gasteiger partial charge in [-0.2, -0.15) is 4.31 Å². The van der Waals surface area contributed by atoms with E-state index < -0.39 is 25.1 Å². The van der Waals surface area contributed by atoms with E-state index in [9.17, 15) is 8.42 Å². The number of hydrogen-bond acceptors (Lipinski definition) is 3. The molecule has 8 heteroatoms. The average Bonchev–Trinajstić information content (AvgIpc) is 2.67. The maximum absolute atomic E-state index is 13.5. The van der Waals surface area contributed by atoms with E-state index in [2.05, 4.69) is 53.2 Å². The Bertz CT molecular complexity index is 894. The van der Waals surface area contributed by atoms with Crippen LogP contribution in [0.2, 0.25) is 5.04 Å². The molecule has 0 bridgehead atoms. The molecule has 31 heavy (non-hydrogen) atoms. The lowest BCUT2D eigenvalue weighted by molar-refractivity contribution is 0.203. The molecule has 0 radical (unpaired) electrons. The second kappa shape index (κ2) is 11.8. The molecule has 1 rings (SSSR count). The van der Waals surface area contributed by atoms with Crippen LogP contribution in [0.5, 0.6) is 0 Å². The third kappa shape index (κ3) is 6.80. The zero-order valence-corrected chi connectivity index (χ0v) is 23.3. The van der Waals surface area contributed by atoms with Gasteiger partial charge in [0.1, 0.15) is 0 Å². The SMILES string of the molecule is C=CCC(CO[Si](CP=C)([P+](=C)C)C(C)(C)C)N(CC=C)S(=O)(=O)c1ccc(C)cc1. The van der Waals surface area contributed by atoms with E-state index in [4.69, 9.17) is 4.43 Å². The van der Waals surface area contributed by atoms with Gasteiger partial charge in [-0.1, -0.05) is 56.9 Å². The predicted octanol–water partition coefficient (Wildman–Crippen LogP) is 5.84. The highest BCUT2D eigenvalue weighted by Crippen LogP contribution is 2.51. The molecule has 0 heterocycles. The molecular weight excluding hydrogens is 460 g/mol. The molecule has 0 aliphatic heterocycles. The van der Waals surface area contributed by atoms with Crippen LogP contribution in [0.4, 0.5) is 0 Å². The normalized spacial score (nSPS) is 16.0.